The summed E-state index contributed by atoms with van der Waals surface area (Å²) >= 11 is 11.9. The third-order valence-electron chi connectivity index (χ3n) is 4.18. The molecule has 0 aliphatic carbocycles. The molecule has 1 amide bonds. The molecule has 1 unspecified atom stereocenters. The molecule has 1 heterocycles. The highest BCUT2D eigenvalue weighted by Gasteiger charge is 2.29. The molecule has 0 saturated carbocycles. The van der Waals surface area contributed by atoms with Crippen LogP contribution in [0.3, 0.4) is 0 Å². The molecule has 0 spiro atoms. The molecule has 122 valence electrons. The smallest absolute Gasteiger partial charge is 0.239 e. The minimum atomic E-state index is -0.482. The molecular formula is C15H21Cl2N3O2. The Balaban J connectivity index is 2.05. The second-order valence-corrected chi connectivity index (χ2v) is 6.62. The average Bonchev–Trinajstić information content (AvgIpc) is 2.49. The summed E-state index contributed by atoms with van der Waals surface area (Å²) in [6.45, 7) is 2.94. The maximum atomic E-state index is 11.9. The highest BCUT2D eigenvalue weighted by Crippen LogP contribution is 2.37. The fourth-order valence-electron chi connectivity index (χ4n) is 2.84. The van der Waals surface area contributed by atoms with Crippen molar-refractivity contribution in [3.8, 4) is 5.75 Å². The molecule has 1 aromatic carbocycles. The van der Waals surface area contributed by atoms with Gasteiger partial charge in [-0.25, -0.2) is 0 Å². The van der Waals surface area contributed by atoms with Crippen LogP contribution >= 0.6 is 23.2 Å². The quantitative estimate of drug-likeness (QED) is 0.783. The van der Waals surface area contributed by atoms with Gasteiger partial charge in [0.25, 0.3) is 0 Å². The number of aromatic hydroxyl groups is 1. The Kier molecular flexibility index (Phi) is 5.55. The molecule has 0 radical (unpaired) electrons. The van der Waals surface area contributed by atoms with E-state index in [1.807, 2.05) is 0 Å². The summed E-state index contributed by atoms with van der Waals surface area (Å²) in [5, 5.41) is 10.7. The summed E-state index contributed by atoms with van der Waals surface area (Å²) in [6.07, 6.45) is 1.53. The third kappa shape index (κ3) is 3.66. The van der Waals surface area contributed by atoms with E-state index in [1.54, 1.807) is 17.9 Å². The number of phenolic OH excluding ortho intramolecular Hbond substituents is 1. The van der Waals surface area contributed by atoms with Gasteiger partial charge in [-0.2, -0.15) is 0 Å². The van der Waals surface area contributed by atoms with Crippen LogP contribution in [-0.4, -0.2) is 35.0 Å². The molecule has 2 atom stereocenters. The van der Waals surface area contributed by atoms with Crippen LogP contribution in [0.4, 0.5) is 0 Å². The standard InChI is InChI=1S/C15H21Cl2N3O2/c1-8(18)15(22)20-4-2-9(3-5-20)14(19)10-6-11(16)12(17)7-13(10)21/h6-9,14,21H,2-5,18-19H2,1H3/t8?,14-/m1/s1. The van der Waals surface area contributed by atoms with E-state index in [4.69, 9.17) is 34.7 Å². The first-order valence-electron chi connectivity index (χ1n) is 7.29. The number of benzene rings is 1. The lowest BCUT2D eigenvalue weighted by molar-refractivity contribution is -0.133. The molecule has 0 bridgehead atoms. The Hall–Kier alpha value is -1.01. The van der Waals surface area contributed by atoms with Crippen LogP contribution in [0.25, 0.3) is 0 Å². The lowest BCUT2D eigenvalue weighted by atomic mass is 9.85. The number of halogens is 2. The van der Waals surface area contributed by atoms with Crippen molar-refractivity contribution in [2.24, 2.45) is 17.4 Å². The number of carbonyl (C=O) groups excluding carboxylic acids is 1. The SMILES string of the molecule is CC(N)C(=O)N1CCC([C@@H](N)c2cc(Cl)c(Cl)cc2O)CC1. The van der Waals surface area contributed by atoms with E-state index in [0.29, 0.717) is 28.7 Å². The van der Waals surface area contributed by atoms with E-state index in [9.17, 15) is 9.90 Å². The highest BCUT2D eigenvalue weighted by molar-refractivity contribution is 6.42. The number of hydrogen-bond donors (Lipinski definition) is 3. The molecule has 0 aromatic heterocycles. The topological polar surface area (TPSA) is 92.6 Å². The summed E-state index contributed by atoms with van der Waals surface area (Å²) in [4.78, 5) is 13.6. The Labute approximate surface area is 140 Å². The van der Waals surface area contributed by atoms with Gasteiger partial charge in [0.15, 0.2) is 0 Å². The van der Waals surface area contributed by atoms with Gasteiger partial charge in [0.05, 0.1) is 16.1 Å². The van der Waals surface area contributed by atoms with Crippen LogP contribution in [-0.2, 0) is 4.79 Å². The lowest BCUT2D eigenvalue weighted by Crippen LogP contribution is -2.47. The molecule has 5 N–H and O–H groups in total. The van der Waals surface area contributed by atoms with Crippen LogP contribution in [0.2, 0.25) is 10.0 Å². The zero-order valence-electron chi connectivity index (χ0n) is 12.4. The van der Waals surface area contributed by atoms with Crippen molar-refractivity contribution >= 4 is 29.1 Å². The minimum absolute atomic E-state index is 0.0376. The van der Waals surface area contributed by atoms with Crippen molar-refractivity contribution in [1.29, 1.82) is 0 Å². The van der Waals surface area contributed by atoms with Crippen LogP contribution in [0.1, 0.15) is 31.4 Å². The first-order valence-corrected chi connectivity index (χ1v) is 8.04. The molecular weight excluding hydrogens is 325 g/mol. The first-order chi connectivity index (χ1) is 10.3. The average molecular weight is 346 g/mol. The zero-order chi connectivity index (χ0) is 16.4. The van der Waals surface area contributed by atoms with Crippen LogP contribution in [0, 0.1) is 5.92 Å². The van der Waals surface area contributed by atoms with Gasteiger partial charge in [0, 0.05) is 30.8 Å². The van der Waals surface area contributed by atoms with Crippen molar-refractivity contribution < 1.29 is 9.90 Å². The van der Waals surface area contributed by atoms with Gasteiger partial charge in [0.1, 0.15) is 5.75 Å². The molecule has 1 saturated heterocycles. The largest absolute Gasteiger partial charge is 0.508 e. The van der Waals surface area contributed by atoms with Crippen LogP contribution < -0.4 is 11.5 Å². The third-order valence-corrected chi connectivity index (χ3v) is 4.90. The van der Waals surface area contributed by atoms with Gasteiger partial charge in [-0.15, -0.1) is 0 Å². The Morgan fingerprint density at radius 1 is 1.27 bits per heavy atom. The number of nitrogens with two attached hydrogens (primary N) is 2. The second-order valence-electron chi connectivity index (χ2n) is 5.80. The fraction of sp³-hybridized carbons (Fsp3) is 0.533. The number of nitrogens with zero attached hydrogens (tertiary/aromatic N) is 1. The van der Waals surface area contributed by atoms with E-state index in [-0.39, 0.29) is 23.6 Å². The second kappa shape index (κ2) is 7.04. The number of likely N-dealkylation sites (tertiary alicyclic amines) is 1. The molecule has 7 heteroatoms. The van der Waals surface area contributed by atoms with E-state index in [2.05, 4.69) is 0 Å². The maximum absolute atomic E-state index is 11.9. The van der Waals surface area contributed by atoms with Crippen LogP contribution in [0.15, 0.2) is 12.1 Å². The molecule has 22 heavy (non-hydrogen) atoms. The van der Waals surface area contributed by atoms with E-state index < -0.39 is 6.04 Å². The van der Waals surface area contributed by atoms with Gasteiger partial charge in [-0.3, -0.25) is 4.79 Å². The van der Waals surface area contributed by atoms with Crippen molar-refractivity contribution in [3.05, 3.63) is 27.7 Å². The van der Waals surface area contributed by atoms with E-state index in [1.165, 1.54) is 6.07 Å². The lowest BCUT2D eigenvalue weighted by Gasteiger charge is -2.35. The first kappa shape index (κ1) is 17.3. The van der Waals surface area contributed by atoms with Crippen molar-refractivity contribution in [2.45, 2.75) is 31.8 Å². The number of amides is 1. The molecule has 1 aromatic rings. The zero-order valence-corrected chi connectivity index (χ0v) is 13.9. The monoisotopic (exact) mass is 345 g/mol. The molecule has 1 aliphatic heterocycles. The summed E-state index contributed by atoms with van der Waals surface area (Å²) in [5.41, 5.74) is 12.5. The van der Waals surface area contributed by atoms with Crippen molar-refractivity contribution in [3.63, 3.8) is 0 Å². The predicted octanol–water partition coefficient (Wildman–Crippen LogP) is 2.28. The number of phenols is 1. The van der Waals surface area contributed by atoms with E-state index >= 15 is 0 Å². The summed E-state index contributed by atoms with van der Waals surface area (Å²) in [5.74, 6) is 0.181. The Morgan fingerprint density at radius 3 is 2.36 bits per heavy atom. The minimum Gasteiger partial charge on any atom is -0.508 e. The van der Waals surface area contributed by atoms with Gasteiger partial charge in [-0.05, 0) is 31.7 Å². The number of hydrogen-bond acceptors (Lipinski definition) is 4. The Bertz CT molecular complexity index is 558. The predicted molar refractivity (Wildman–Crippen MR) is 88.0 cm³/mol. The number of piperidine rings is 1. The molecule has 5 nitrogen and oxygen atoms in total. The summed E-state index contributed by atoms with van der Waals surface area (Å²) in [7, 11) is 0. The van der Waals surface area contributed by atoms with Gasteiger partial charge >= 0.3 is 0 Å². The Morgan fingerprint density at radius 2 is 1.82 bits per heavy atom. The summed E-state index contributed by atoms with van der Waals surface area (Å²) < 4.78 is 0. The van der Waals surface area contributed by atoms with Crippen molar-refractivity contribution in [1.82, 2.24) is 4.90 Å². The molecule has 1 aliphatic rings. The van der Waals surface area contributed by atoms with Crippen LogP contribution in [0.5, 0.6) is 5.75 Å². The fourth-order valence-corrected chi connectivity index (χ4v) is 3.17. The molecule has 1 fully saturated rings. The van der Waals surface area contributed by atoms with Gasteiger partial charge in [-0.1, -0.05) is 23.2 Å². The highest BCUT2D eigenvalue weighted by atomic mass is 35.5. The summed E-state index contributed by atoms with van der Waals surface area (Å²) in [6, 6.07) is 2.20. The van der Waals surface area contributed by atoms with Crippen molar-refractivity contribution in [2.75, 3.05) is 13.1 Å². The molecule has 2 rings (SSSR count). The van der Waals surface area contributed by atoms with E-state index in [0.717, 1.165) is 12.8 Å². The van der Waals surface area contributed by atoms with Gasteiger partial charge in [0.2, 0.25) is 5.91 Å². The van der Waals surface area contributed by atoms with Gasteiger partial charge < -0.3 is 21.5 Å². The maximum Gasteiger partial charge on any atom is 0.239 e. The number of rotatable bonds is 3. The normalized spacial score (nSPS) is 19.0. The number of carbonyl (C=O) groups is 1.